The van der Waals surface area contributed by atoms with E-state index in [1.54, 1.807) is 48.5 Å². The zero-order valence-corrected chi connectivity index (χ0v) is 19.8. The molecule has 0 bridgehead atoms. The number of benzene rings is 2. The topological polar surface area (TPSA) is 84.9 Å². The molecule has 4 rings (SSSR count). The SMILES string of the molecule is COc1ccc(C)cc1NC(=O)C(OC(=O)C1CCCN1C(=O)c1cccs1)c1ccccc1. The van der Waals surface area contributed by atoms with Crippen molar-refractivity contribution >= 4 is 34.8 Å². The zero-order chi connectivity index (χ0) is 24.1. The minimum Gasteiger partial charge on any atom is -0.495 e. The molecule has 34 heavy (non-hydrogen) atoms. The predicted octanol–water partition coefficient (Wildman–Crippen LogP) is 4.59. The van der Waals surface area contributed by atoms with Crippen LogP contribution in [0.3, 0.4) is 0 Å². The van der Waals surface area contributed by atoms with Crippen molar-refractivity contribution in [3.8, 4) is 5.75 Å². The van der Waals surface area contributed by atoms with E-state index in [1.165, 1.54) is 23.3 Å². The van der Waals surface area contributed by atoms with Crippen LogP contribution in [0, 0.1) is 6.92 Å². The first kappa shape index (κ1) is 23.5. The molecule has 7 nitrogen and oxygen atoms in total. The molecule has 2 unspecified atom stereocenters. The Kier molecular flexibility index (Phi) is 7.27. The minimum absolute atomic E-state index is 0.195. The molecule has 2 amide bonds. The highest BCUT2D eigenvalue weighted by Crippen LogP contribution is 2.29. The Labute approximate surface area is 202 Å². The number of carbonyl (C=O) groups excluding carboxylic acids is 3. The van der Waals surface area contributed by atoms with Gasteiger partial charge in [-0.3, -0.25) is 9.59 Å². The van der Waals surface area contributed by atoms with E-state index in [0.29, 0.717) is 41.3 Å². The highest BCUT2D eigenvalue weighted by molar-refractivity contribution is 7.12. The van der Waals surface area contributed by atoms with Gasteiger partial charge in [0.2, 0.25) is 6.10 Å². The number of aryl methyl sites for hydroxylation is 1. The van der Waals surface area contributed by atoms with Gasteiger partial charge in [-0.25, -0.2) is 4.79 Å². The summed E-state index contributed by atoms with van der Waals surface area (Å²) < 4.78 is 11.1. The molecule has 1 aliphatic heterocycles. The van der Waals surface area contributed by atoms with Crippen LogP contribution >= 0.6 is 11.3 Å². The quantitative estimate of drug-likeness (QED) is 0.502. The summed E-state index contributed by atoms with van der Waals surface area (Å²) in [5, 5.41) is 4.66. The maximum atomic E-state index is 13.3. The molecule has 2 atom stereocenters. The molecule has 3 aromatic rings. The fraction of sp³-hybridized carbons (Fsp3) is 0.269. The fourth-order valence-corrected chi connectivity index (χ4v) is 4.69. The lowest BCUT2D eigenvalue weighted by Gasteiger charge is -2.25. The van der Waals surface area contributed by atoms with Crippen LogP contribution in [-0.4, -0.2) is 42.4 Å². The van der Waals surface area contributed by atoms with E-state index >= 15 is 0 Å². The number of ether oxygens (including phenoxy) is 2. The van der Waals surface area contributed by atoms with E-state index in [4.69, 9.17) is 9.47 Å². The lowest BCUT2D eigenvalue weighted by molar-refractivity contribution is -0.158. The number of esters is 1. The standard InChI is InChI=1S/C26H26N2O5S/c1-17-12-13-21(32-2)19(16-17)27-24(29)23(18-8-4-3-5-9-18)33-26(31)20-10-6-14-28(20)25(30)22-11-7-15-34-22/h3-5,7-9,11-13,15-16,20,23H,6,10,14H2,1-2H3,(H,27,29). The Morgan fingerprint density at radius 2 is 1.88 bits per heavy atom. The summed E-state index contributed by atoms with van der Waals surface area (Å²) in [6.07, 6.45) is 0.00266. The van der Waals surface area contributed by atoms with E-state index < -0.39 is 24.0 Å². The second-order valence-electron chi connectivity index (χ2n) is 8.05. The van der Waals surface area contributed by atoms with Gasteiger partial charge in [-0.1, -0.05) is 42.5 Å². The summed E-state index contributed by atoms with van der Waals surface area (Å²) in [4.78, 5) is 41.6. The Morgan fingerprint density at radius 3 is 2.59 bits per heavy atom. The second-order valence-corrected chi connectivity index (χ2v) is 9.00. The second kappa shape index (κ2) is 10.5. The normalized spacial score (nSPS) is 16.1. The van der Waals surface area contributed by atoms with Gasteiger partial charge in [0.1, 0.15) is 11.8 Å². The number of hydrogen-bond donors (Lipinski definition) is 1. The number of thiophene rings is 1. The van der Waals surface area contributed by atoms with Crippen LogP contribution < -0.4 is 10.1 Å². The Morgan fingerprint density at radius 1 is 1.09 bits per heavy atom. The van der Waals surface area contributed by atoms with E-state index in [-0.39, 0.29) is 5.91 Å². The molecule has 2 heterocycles. The number of amides is 2. The summed E-state index contributed by atoms with van der Waals surface area (Å²) >= 11 is 1.33. The molecule has 2 aromatic carbocycles. The lowest BCUT2D eigenvalue weighted by Crippen LogP contribution is -2.42. The van der Waals surface area contributed by atoms with Gasteiger partial charge in [0.05, 0.1) is 17.7 Å². The molecule has 0 radical (unpaired) electrons. The van der Waals surface area contributed by atoms with Crippen molar-refractivity contribution in [2.75, 3.05) is 19.0 Å². The lowest BCUT2D eigenvalue weighted by atomic mass is 10.1. The first-order chi connectivity index (χ1) is 16.5. The van der Waals surface area contributed by atoms with Crippen LogP contribution in [0.2, 0.25) is 0 Å². The van der Waals surface area contributed by atoms with Crippen molar-refractivity contribution < 1.29 is 23.9 Å². The molecule has 0 spiro atoms. The van der Waals surface area contributed by atoms with E-state index in [1.807, 2.05) is 24.4 Å². The van der Waals surface area contributed by atoms with Crippen LogP contribution in [0.15, 0.2) is 66.0 Å². The average Bonchev–Trinajstić information content (AvgIpc) is 3.55. The first-order valence-electron chi connectivity index (χ1n) is 11.0. The molecule has 1 aromatic heterocycles. The fourth-order valence-electron chi connectivity index (χ4n) is 4.01. The Balaban J connectivity index is 1.56. The molecule has 8 heteroatoms. The summed E-state index contributed by atoms with van der Waals surface area (Å²) in [6, 6.07) is 17.1. The van der Waals surface area contributed by atoms with Crippen molar-refractivity contribution in [3.63, 3.8) is 0 Å². The van der Waals surface area contributed by atoms with Gasteiger partial charge in [0, 0.05) is 12.1 Å². The summed E-state index contributed by atoms with van der Waals surface area (Å²) in [5.41, 5.74) is 1.96. The van der Waals surface area contributed by atoms with Crippen molar-refractivity contribution in [2.45, 2.75) is 31.9 Å². The molecule has 1 aliphatic rings. The van der Waals surface area contributed by atoms with Crippen molar-refractivity contribution in [2.24, 2.45) is 0 Å². The number of rotatable bonds is 7. The molecular formula is C26H26N2O5S. The smallest absolute Gasteiger partial charge is 0.329 e. The van der Waals surface area contributed by atoms with Gasteiger partial charge in [-0.15, -0.1) is 11.3 Å². The van der Waals surface area contributed by atoms with Crippen LogP contribution in [0.4, 0.5) is 5.69 Å². The number of methoxy groups -OCH3 is 1. The summed E-state index contributed by atoms with van der Waals surface area (Å²) in [7, 11) is 1.52. The Hall–Kier alpha value is -3.65. The summed E-state index contributed by atoms with van der Waals surface area (Å²) in [5.74, 6) is -0.791. The highest BCUT2D eigenvalue weighted by Gasteiger charge is 2.38. The molecule has 176 valence electrons. The van der Waals surface area contributed by atoms with E-state index in [0.717, 1.165) is 5.56 Å². The monoisotopic (exact) mass is 478 g/mol. The van der Waals surface area contributed by atoms with Gasteiger partial charge in [0.15, 0.2) is 0 Å². The molecule has 0 saturated carbocycles. The number of hydrogen-bond acceptors (Lipinski definition) is 6. The van der Waals surface area contributed by atoms with E-state index in [9.17, 15) is 14.4 Å². The van der Waals surface area contributed by atoms with Crippen molar-refractivity contribution in [1.29, 1.82) is 0 Å². The largest absolute Gasteiger partial charge is 0.495 e. The molecule has 1 saturated heterocycles. The number of nitrogens with zero attached hydrogens (tertiary/aromatic N) is 1. The van der Waals surface area contributed by atoms with Gasteiger partial charge >= 0.3 is 5.97 Å². The summed E-state index contributed by atoms with van der Waals surface area (Å²) in [6.45, 7) is 2.38. The Bertz CT molecular complexity index is 1160. The third-order valence-corrected chi connectivity index (χ3v) is 6.56. The number of nitrogens with one attached hydrogen (secondary N) is 1. The van der Waals surface area contributed by atoms with E-state index in [2.05, 4.69) is 5.32 Å². The van der Waals surface area contributed by atoms with Crippen LogP contribution in [0.25, 0.3) is 0 Å². The van der Waals surface area contributed by atoms with Crippen LogP contribution in [0.1, 0.15) is 39.7 Å². The van der Waals surface area contributed by atoms with Crippen LogP contribution in [-0.2, 0) is 14.3 Å². The van der Waals surface area contributed by atoms with Gasteiger partial charge in [-0.2, -0.15) is 0 Å². The molecule has 0 aliphatic carbocycles. The zero-order valence-electron chi connectivity index (χ0n) is 19.0. The number of likely N-dealkylation sites (tertiary alicyclic amines) is 1. The molecule has 1 N–H and O–H groups in total. The number of anilines is 1. The van der Waals surface area contributed by atoms with Crippen molar-refractivity contribution in [1.82, 2.24) is 4.90 Å². The minimum atomic E-state index is -1.18. The maximum Gasteiger partial charge on any atom is 0.329 e. The van der Waals surface area contributed by atoms with Gasteiger partial charge in [0.25, 0.3) is 11.8 Å². The number of carbonyl (C=O) groups is 3. The highest BCUT2D eigenvalue weighted by atomic mass is 32.1. The van der Waals surface area contributed by atoms with Gasteiger partial charge < -0.3 is 19.7 Å². The first-order valence-corrected chi connectivity index (χ1v) is 11.9. The van der Waals surface area contributed by atoms with Crippen LogP contribution in [0.5, 0.6) is 5.75 Å². The molecule has 1 fully saturated rings. The van der Waals surface area contributed by atoms with Crippen molar-refractivity contribution in [3.05, 3.63) is 82.0 Å². The third kappa shape index (κ3) is 5.12. The molecular weight excluding hydrogens is 452 g/mol. The predicted molar refractivity (Wildman–Crippen MR) is 130 cm³/mol. The third-order valence-electron chi connectivity index (χ3n) is 5.71. The maximum absolute atomic E-state index is 13.3. The average molecular weight is 479 g/mol. The van der Waals surface area contributed by atoms with Gasteiger partial charge in [-0.05, 0) is 48.9 Å².